The smallest absolute Gasteiger partial charge is 0.414 e. The predicted molar refractivity (Wildman–Crippen MR) is 89.7 cm³/mol. The van der Waals surface area contributed by atoms with Crippen LogP contribution < -0.4 is 16.0 Å². The number of hydrogen-bond donors (Lipinski definition) is 3. The zero-order valence-corrected chi connectivity index (χ0v) is 15.4. The molecule has 0 aliphatic rings. The summed E-state index contributed by atoms with van der Waals surface area (Å²) in [6.45, 7) is 10.3. The quantitative estimate of drug-likeness (QED) is 0.530. The highest BCUT2D eigenvalue weighted by atomic mass is 16.6. The van der Waals surface area contributed by atoms with Gasteiger partial charge in [-0.15, -0.1) is 0 Å². The molecule has 9 nitrogen and oxygen atoms in total. The van der Waals surface area contributed by atoms with Crippen molar-refractivity contribution in [2.45, 2.75) is 59.2 Å². The van der Waals surface area contributed by atoms with Gasteiger partial charge in [0.1, 0.15) is 11.2 Å². The lowest BCUT2D eigenvalue weighted by Crippen LogP contribution is -2.47. The molecule has 0 bridgehead atoms. The summed E-state index contributed by atoms with van der Waals surface area (Å²) in [5.41, 5.74) is -1.41. The van der Waals surface area contributed by atoms with Crippen LogP contribution in [0.25, 0.3) is 0 Å². The zero-order valence-electron chi connectivity index (χ0n) is 15.4. The van der Waals surface area contributed by atoms with E-state index in [1.54, 1.807) is 41.5 Å². The van der Waals surface area contributed by atoms with Crippen LogP contribution in [-0.2, 0) is 14.3 Å². The van der Waals surface area contributed by atoms with Crippen LogP contribution in [0.5, 0.6) is 0 Å². The third-order valence-electron chi connectivity index (χ3n) is 2.13. The van der Waals surface area contributed by atoms with Gasteiger partial charge in [-0.1, -0.05) is 0 Å². The molecule has 0 aromatic carbocycles. The first kappa shape index (κ1) is 21.7. The van der Waals surface area contributed by atoms with Gasteiger partial charge in [-0.25, -0.2) is 9.59 Å². The van der Waals surface area contributed by atoms with E-state index in [1.807, 2.05) is 0 Å². The third-order valence-corrected chi connectivity index (χ3v) is 2.13. The summed E-state index contributed by atoms with van der Waals surface area (Å²) in [7, 11) is 1.50. The van der Waals surface area contributed by atoms with E-state index in [9.17, 15) is 14.4 Å². The molecule has 24 heavy (non-hydrogen) atoms. The average Bonchev–Trinajstić information content (AvgIpc) is 2.33. The van der Waals surface area contributed by atoms with Crippen LogP contribution in [0.4, 0.5) is 9.59 Å². The van der Waals surface area contributed by atoms with Crippen LogP contribution in [0.1, 0.15) is 48.0 Å². The first-order valence-corrected chi connectivity index (χ1v) is 7.57. The largest absolute Gasteiger partial charge is 0.444 e. The van der Waals surface area contributed by atoms with Crippen molar-refractivity contribution >= 4 is 24.1 Å². The van der Waals surface area contributed by atoms with Crippen LogP contribution in [0.15, 0.2) is 4.99 Å². The number of nitrogens with one attached hydrogen (secondary N) is 3. The zero-order chi connectivity index (χ0) is 19.0. The summed E-state index contributed by atoms with van der Waals surface area (Å²) < 4.78 is 10.2. The fraction of sp³-hybridized carbons (Fsp3) is 0.733. The molecule has 0 saturated heterocycles. The Morgan fingerprint density at radius 3 is 1.62 bits per heavy atom. The van der Waals surface area contributed by atoms with E-state index in [0.717, 1.165) is 0 Å². The molecule has 0 atom stereocenters. The highest BCUT2D eigenvalue weighted by Crippen LogP contribution is 2.07. The van der Waals surface area contributed by atoms with Crippen LogP contribution in [0, 0.1) is 0 Å². The molecule has 0 spiro atoms. The SMILES string of the molecule is CNC(=O)CCN=C(NC(=O)OC(C)(C)C)NC(=O)OC(C)(C)C. The lowest BCUT2D eigenvalue weighted by molar-refractivity contribution is -0.120. The highest BCUT2D eigenvalue weighted by molar-refractivity contribution is 6.01. The van der Waals surface area contributed by atoms with Crippen molar-refractivity contribution in [1.82, 2.24) is 16.0 Å². The maximum Gasteiger partial charge on any atom is 0.414 e. The number of carbonyl (C=O) groups is 3. The summed E-state index contributed by atoms with van der Waals surface area (Å²) in [6.07, 6.45) is -1.46. The molecule has 0 heterocycles. The molecule has 0 radical (unpaired) electrons. The van der Waals surface area contributed by atoms with E-state index in [-0.39, 0.29) is 24.8 Å². The number of ether oxygens (including phenoxy) is 2. The Morgan fingerprint density at radius 1 is 0.875 bits per heavy atom. The molecule has 0 rings (SSSR count). The monoisotopic (exact) mass is 344 g/mol. The summed E-state index contributed by atoms with van der Waals surface area (Å²) in [4.78, 5) is 38.8. The lowest BCUT2D eigenvalue weighted by Gasteiger charge is -2.22. The second-order valence-electron chi connectivity index (χ2n) is 6.91. The summed E-state index contributed by atoms with van der Waals surface area (Å²) in [5, 5.41) is 7.10. The number of nitrogens with zero attached hydrogens (tertiary/aromatic N) is 1. The standard InChI is InChI=1S/C15H28N4O5/c1-14(2,3)23-12(21)18-11(17-9-8-10(20)16-7)19-13(22)24-15(4,5)6/h8-9H2,1-7H3,(H,16,20)(H2,17,18,19,21,22). The fourth-order valence-corrected chi connectivity index (χ4v) is 1.31. The minimum absolute atomic E-state index is 0.0700. The van der Waals surface area contributed by atoms with Crippen molar-refractivity contribution in [3.63, 3.8) is 0 Å². The molecular formula is C15H28N4O5. The molecule has 0 aromatic rings. The van der Waals surface area contributed by atoms with Crippen LogP contribution in [0.2, 0.25) is 0 Å². The topological polar surface area (TPSA) is 118 Å². The molecule has 138 valence electrons. The minimum Gasteiger partial charge on any atom is -0.444 e. The first-order valence-electron chi connectivity index (χ1n) is 7.57. The Labute approximate surface area is 142 Å². The van der Waals surface area contributed by atoms with E-state index >= 15 is 0 Å². The van der Waals surface area contributed by atoms with Crippen molar-refractivity contribution < 1.29 is 23.9 Å². The highest BCUT2D eigenvalue weighted by Gasteiger charge is 2.21. The van der Waals surface area contributed by atoms with E-state index in [2.05, 4.69) is 20.9 Å². The maximum atomic E-state index is 11.8. The number of amides is 3. The van der Waals surface area contributed by atoms with Gasteiger partial charge in [0.2, 0.25) is 11.9 Å². The van der Waals surface area contributed by atoms with Crippen molar-refractivity contribution in [3.05, 3.63) is 0 Å². The van der Waals surface area contributed by atoms with Gasteiger partial charge in [0.25, 0.3) is 0 Å². The molecule has 0 fully saturated rings. The van der Waals surface area contributed by atoms with E-state index in [1.165, 1.54) is 7.05 Å². The molecule has 0 aromatic heterocycles. The van der Waals surface area contributed by atoms with Crippen molar-refractivity contribution in [2.75, 3.05) is 13.6 Å². The molecular weight excluding hydrogens is 316 g/mol. The minimum atomic E-state index is -0.780. The van der Waals surface area contributed by atoms with Gasteiger partial charge >= 0.3 is 12.2 Å². The summed E-state index contributed by atoms with van der Waals surface area (Å²) in [5.74, 6) is -0.366. The Kier molecular flexibility index (Phi) is 8.21. The number of aliphatic imine (C=N–C) groups is 1. The second-order valence-corrected chi connectivity index (χ2v) is 6.91. The van der Waals surface area contributed by atoms with Crippen molar-refractivity contribution in [1.29, 1.82) is 0 Å². The van der Waals surface area contributed by atoms with Crippen LogP contribution in [0.3, 0.4) is 0 Å². The molecule has 0 unspecified atom stereocenters. The second kappa shape index (κ2) is 9.09. The Balaban J connectivity index is 4.88. The van der Waals surface area contributed by atoms with E-state index in [4.69, 9.17) is 9.47 Å². The third kappa shape index (κ3) is 12.2. The fourth-order valence-electron chi connectivity index (χ4n) is 1.31. The molecule has 0 aliphatic carbocycles. The normalized spacial score (nSPS) is 11.1. The number of hydrogen-bond acceptors (Lipinski definition) is 6. The number of alkyl carbamates (subject to hydrolysis) is 2. The van der Waals surface area contributed by atoms with Gasteiger partial charge in [0.15, 0.2) is 0 Å². The summed E-state index contributed by atoms with van der Waals surface area (Å²) >= 11 is 0. The first-order chi connectivity index (χ1) is 10.8. The van der Waals surface area contributed by atoms with E-state index in [0.29, 0.717) is 0 Å². The number of rotatable bonds is 3. The van der Waals surface area contributed by atoms with Gasteiger partial charge in [-0.3, -0.25) is 20.4 Å². The molecule has 3 amide bonds. The molecule has 0 saturated carbocycles. The van der Waals surface area contributed by atoms with Gasteiger partial charge in [0, 0.05) is 13.5 Å². The van der Waals surface area contributed by atoms with Gasteiger partial charge in [-0.05, 0) is 41.5 Å². The lowest BCUT2D eigenvalue weighted by atomic mass is 10.2. The van der Waals surface area contributed by atoms with Gasteiger partial charge in [0.05, 0.1) is 6.54 Å². The van der Waals surface area contributed by atoms with Crippen LogP contribution in [-0.4, -0.2) is 48.8 Å². The number of carbonyl (C=O) groups excluding carboxylic acids is 3. The molecule has 0 aliphatic heterocycles. The van der Waals surface area contributed by atoms with Crippen molar-refractivity contribution in [3.8, 4) is 0 Å². The van der Waals surface area contributed by atoms with Crippen molar-refractivity contribution in [2.24, 2.45) is 4.99 Å². The van der Waals surface area contributed by atoms with Crippen LogP contribution >= 0.6 is 0 Å². The molecule has 3 N–H and O–H groups in total. The maximum absolute atomic E-state index is 11.8. The Hall–Kier alpha value is -2.32. The predicted octanol–water partition coefficient (Wildman–Crippen LogP) is 1.53. The van der Waals surface area contributed by atoms with Gasteiger partial charge in [-0.2, -0.15) is 0 Å². The Bertz CT molecular complexity index is 457. The Morgan fingerprint density at radius 2 is 1.29 bits per heavy atom. The number of guanidine groups is 1. The summed E-state index contributed by atoms with van der Waals surface area (Å²) in [6, 6.07) is 0. The van der Waals surface area contributed by atoms with E-state index < -0.39 is 23.4 Å². The average molecular weight is 344 g/mol. The van der Waals surface area contributed by atoms with Gasteiger partial charge < -0.3 is 14.8 Å². The molecule has 9 heteroatoms.